The number of carbonyl (C=O) groups excluding carboxylic acids is 3. The summed E-state index contributed by atoms with van der Waals surface area (Å²) < 4.78 is 42.5. The van der Waals surface area contributed by atoms with Crippen molar-refractivity contribution in [1.29, 1.82) is 0 Å². The van der Waals surface area contributed by atoms with E-state index in [9.17, 15) is 23.2 Å². The van der Waals surface area contributed by atoms with E-state index in [0.717, 1.165) is 12.7 Å². The number of alkyl halides is 2. The summed E-state index contributed by atoms with van der Waals surface area (Å²) in [4.78, 5) is 40.1. The van der Waals surface area contributed by atoms with Gasteiger partial charge < -0.3 is 19.3 Å². The summed E-state index contributed by atoms with van der Waals surface area (Å²) >= 11 is 6.10. The van der Waals surface area contributed by atoms with Crippen LogP contribution in [-0.4, -0.2) is 47.7 Å². The van der Waals surface area contributed by atoms with E-state index in [4.69, 9.17) is 20.9 Å². The predicted octanol–water partition coefficient (Wildman–Crippen LogP) is 4.48. The zero-order chi connectivity index (χ0) is 26.7. The summed E-state index contributed by atoms with van der Waals surface area (Å²) in [5.41, 5.74) is 1.79. The molecule has 1 aromatic carbocycles. The van der Waals surface area contributed by atoms with Gasteiger partial charge in [-0.1, -0.05) is 35.0 Å². The van der Waals surface area contributed by atoms with E-state index in [0.29, 0.717) is 17.1 Å². The Bertz CT molecular complexity index is 1330. The molecule has 2 atom stereocenters. The number of pyridine rings is 1. The highest BCUT2D eigenvalue weighted by molar-refractivity contribution is 6.31. The van der Waals surface area contributed by atoms with Gasteiger partial charge in [-0.05, 0) is 30.7 Å². The number of aryl methyl sites for hydroxylation is 1. The van der Waals surface area contributed by atoms with Gasteiger partial charge in [-0.2, -0.15) is 0 Å². The zero-order valence-corrected chi connectivity index (χ0v) is 20.3. The molecule has 0 bridgehead atoms. The standard InChI is InChI=1S/C24H21ClF2N4O6/c1-12-19(30-23(34)36-10-9-13-5-3-4-6-15(13)25)20(37-31-12)16-8-7-14(11-28-16)29-21(32)17-18(22(33)35-2)24(17,26)27/h3-8,11,17-18H,9-10H2,1-2H3,(H,29,32)(H,30,34)/t17-,18-/m1/s1. The Kier molecular flexibility index (Phi) is 7.39. The average Bonchev–Trinajstić information content (AvgIpc) is 3.29. The molecule has 0 saturated heterocycles. The van der Waals surface area contributed by atoms with Crippen molar-refractivity contribution in [2.45, 2.75) is 19.3 Å². The number of benzene rings is 1. The summed E-state index contributed by atoms with van der Waals surface area (Å²) in [7, 11) is 0.975. The first-order valence-corrected chi connectivity index (χ1v) is 11.4. The van der Waals surface area contributed by atoms with Crippen molar-refractivity contribution in [3.8, 4) is 11.5 Å². The van der Waals surface area contributed by atoms with E-state index in [1.807, 2.05) is 12.1 Å². The summed E-state index contributed by atoms with van der Waals surface area (Å²) in [6.45, 7) is 1.69. The maximum absolute atomic E-state index is 13.8. The second kappa shape index (κ2) is 10.5. The Morgan fingerprint density at radius 3 is 2.57 bits per heavy atom. The van der Waals surface area contributed by atoms with Gasteiger partial charge in [0.1, 0.15) is 28.9 Å². The Labute approximate surface area is 214 Å². The van der Waals surface area contributed by atoms with Gasteiger partial charge in [-0.15, -0.1) is 0 Å². The molecule has 2 amide bonds. The minimum Gasteiger partial charge on any atom is -0.469 e. The molecule has 3 aromatic rings. The predicted molar refractivity (Wildman–Crippen MR) is 127 cm³/mol. The van der Waals surface area contributed by atoms with Crippen LogP contribution in [0, 0.1) is 18.8 Å². The highest BCUT2D eigenvalue weighted by Gasteiger charge is 2.76. The number of aromatic nitrogens is 2. The van der Waals surface area contributed by atoms with Crippen LogP contribution >= 0.6 is 11.6 Å². The van der Waals surface area contributed by atoms with E-state index in [-0.39, 0.29) is 29.4 Å². The first-order chi connectivity index (χ1) is 17.6. The molecule has 13 heteroatoms. The third-order valence-electron chi connectivity index (χ3n) is 5.71. The van der Waals surface area contributed by atoms with Crippen molar-refractivity contribution in [3.05, 3.63) is 58.9 Å². The number of amides is 2. The first kappa shape index (κ1) is 26.0. The minimum absolute atomic E-state index is 0.0821. The topological polar surface area (TPSA) is 133 Å². The Balaban J connectivity index is 1.37. The average molecular weight is 535 g/mol. The number of hydrogen-bond donors (Lipinski definition) is 2. The minimum atomic E-state index is -3.48. The lowest BCUT2D eigenvalue weighted by molar-refractivity contribution is -0.144. The maximum atomic E-state index is 13.8. The van der Waals surface area contributed by atoms with Crippen molar-refractivity contribution >= 4 is 40.9 Å². The summed E-state index contributed by atoms with van der Waals surface area (Å²) in [5, 5.41) is 9.29. The van der Waals surface area contributed by atoms with Crippen LogP contribution in [0.4, 0.5) is 25.0 Å². The van der Waals surface area contributed by atoms with Crippen LogP contribution in [0.5, 0.6) is 0 Å². The van der Waals surface area contributed by atoms with Gasteiger partial charge in [0.15, 0.2) is 0 Å². The molecular formula is C24H21ClF2N4O6. The van der Waals surface area contributed by atoms with Crippen molar-refractivity contribution in [1.82, 2.24) is 10.1 Å². The highest BCUT2D eigenvalue weighted by atomic mass is 35.5. The zero-order valence-electron chi connectivity index (χ0n) is 19.6. The van der Waals surface area contributed by atoms with E-state index in [2.05, 4.69) is 25.5 Å². The molecule has 1 fully saturated rings. The molecule has 0 spiro atoms. The second-order valence-electron chi connectivity index (χ2n) is 8.15. The van der Waals surface area contributed by atoms with E-state index >= 15 is 0 Å². The van der Waals surface area contributed by atoms with E-state index in [1.54, 1.807) is 19.1 Å². The van der Waals surface area contributed by atoms with Crippen LogP contribution in [0.3, 0.4) is 0 Å². The molecule has 2 aromatic heterocycles. The van der Waals surface area contributed by atoms with Crippen LogP contribution in [0.25, 0.3) is 11.5 Å². The van der Waals surface area contributed by atoms with E-state index < -0.39 is 35.7 Å². The van der Waals surface area contributed by atoms with Gasteiger partial charge in [0, 0.05) is 11.4 Å². The van der Waals surface area contributed by atoms with Gasteiger partial charge >= 0.3 is 12.1 Å². The van der Waals surface area contributed by atoms with E-state index in [1.165, 1.54) is 18.3 Å². The molecule has 0 unspecified atom stereocenters. The van der Waals surface area contributed by atoms with Crippen LogP contribution in [-0.2, 0) is 25.5 Å². The first-order valence-electron chi connectivity index (χ1n) is 11.0. The number of carbonyl (C=O) groups is 3. The van der Waals surface area contributed by atoms with Gasteiger partial charge in [0.25, 0.3) is 5.92 Å². The SMILES string of the molecule is COC(=O)[C@H]1[C@H](C(=O)Nc2ccc(-c3onc(C)c3NC(=O)OCCc3ccccc3Cl)nc2)C1(F)F. The smallest absolute Gasteiger partial charge is 0.411 e. The number of esters is 1. The highest BCUT2D eigenvalue weighted by Crippen LogP contribution is 2.56. The third-order valence-corrected chi connectivity index (χ3v) is 6.08. The fraction of sp³-hybridized carbons (Fsp3) is 0.292. The molecule has 2 heterocycles. The number of methoxy groups -OCH3 is 1. The molecule has 4 rings (SSSR count). The van der Waals surface area contributed by atoms with Crippen molar-refractivity contribution in [2.24, 2.45) is 11.8 Å². The third kappa shape index (κ3) is 5.53. The normalized spacial score (nSPS) is 17.5. The van der Waals surface area contributed by atoms with Crippen molar-refractivity contribution < 1.29 is 37.2 Å². The molecule has 1 aliphatic rings. The van der Waals surface area contributed by atoms with Gasteiger partial charge in [0.05, 0.1) is 25.6 Å². The maximum Gasteiger partial charge on any atom is 0.411 e. The van der Waals surface area contributed by atoms with Gasteiger partial charge in [-0.3, -0.25) is 19.9 Å². The fourth-order valence-electron chi connectivity index (χ4n) is 3.68. The molecule has 1 aliphatic carbocycles. The molecule has 10 nitrogen and oxygen atoms in total. The monoisotopic (exact) mass is 534 g/mol. The Morgan fingerprint density at radius 2 is 1.89 bits per heavy atom. The summed E-state index contributed by atoms with van der Waals surface area (Å²) in [6.07, 6.45) is 0.892. The molecule has 194 valence electrons. The second-order valence-corrected chi connectivity index (χ2v) is 8.56. The molecular weight excluding hydrogens is 514 g/mol. The number of halogens is 3. The van der Waals surface area contributed by atoms with Crippen LogP contribution in [0.2, 0.25) is 5.02 Å². The number of ether oxygens (including phenoxy) is 2. The fourth-order valence-corrected chi connectivity index (χ4v) is 3.91. The summed E-state index contributed by atoms with van der Waals surface area (Å²) in [5.74, 6) is -9.19. The van der Waals surface area contributed by atoms with Gasteiger partial charge in [-0.25, -0.2) is 13.6 Å². The van der Waals surface area contributed by atoms with Crippen LogP contribution in [0.15, 0.2) is 47.1 Å². The lowest BCUT2D eigenvalue weighted by Gasteiger charge is -2.08. The number of anilines is 2. The van der Waals surface area contributed by atoms with Crippen LogP contribution in [0.1, 0.15) is 11.3 Å². The number of hydrogen-bond acceptors (Lipinski definition) is 8. The molecule has 2 N–H and O–H groups in total. The van der Waals surface area contributed by atoms with Crippen molar-refractivity contribution in [3.63, 3.8) is 0 Å². The quantitative estimate of drug-likeness (QED) is 0.404. The lowest BCUT2D eigenvalue weighted by atomic mass is 10.2. The number of rotatable bonds is 8. The Morgan fingerprint density at radius 1 is 1.14 bits per heavy atom. The summed E-state index contributed by atoms with van der Waals surface area (Å²) in [6, 6.07) is 10.0. The number of nitrogens with one attached hydrogen (secondary N) is 2. The van der Waals surface area contributed by atoms with Crippen molar-refractivity contribution in [2.75, 3.05) is 24.4 Å². The molecule has 1 saturated carbocycles. The molecule has 0 radical (unpaired) electrons. The number of nitrogens with zero attached hydrogens (tertiary/aromatic N) is 2. The van der Waals surface area contributed by atoms with Crippen LogP contribution < -0.4 is 10.6 Å². The molecule has 37 heavy (non-hydrogen) atoms. The molecule has 0 aliphatic heterocycles. The van der Waals surface area contributed by atoms with Gasteiger partial charge in [0.2, 0.25) is 11.7 Å². The lowest BCUT2D eigenvalue weighted by Crippen LogP contribution is -2.18. The Hall–Kier alpha value is -4.06. The largest absolute Gasteiger partial charge is 0.469 e.